The molecule has 0 aliphatic heterocycles. The molecule has 1 unspecified atom stereocenters. The van der Waals surface area contributed by atoms with E-state index in [1.54, 1.807) is 12.1 Å². The smallest absolute Gasteiger partial charge is 0.142 e. The fraction of sp³-hybridized carbons (Fsp3) is 0.250. The number of aryl methyl sites for hydroxylation is 2. The van der Waals surface area contributed by atoms with Gasteiger partial charge in [0.2, 0.25) is 0 Å². The summed E-state index contributed by atoms with van der Waals surface area (Å²) in [7, 11) is 0. The molecule has 106 valence electrons. The third kappa shape index (κ3) is 3.18. The van der Waals surface area contributed by atoms with Crippen molar-refractivity contribution < 1.29 is 4.39 Å². The summed E-state index contributed by atoms with van der Waals surface area (Å²) in [5.41, 5.74) is 7.19. The van der Waals surface area contributed by atoms with Gasteiger partial charge >= 0.3 is 0 Å². The largest absolute Gasteiger partial charge is 0.271 e. The summed E-state index contributed by atoms with van der Waals surface area (Å²) < 4.78 is 13.6. The van der Waals surface area contributed by atoms with E-state index in [0.717, 1.165) is 5.56 Å². The number of halogens is 2. The van der Waals surface area contributed by atoms with Gasteiger partial charge in [-0.1, -0.05) is 35.9 Å². The van der Waals surface area contributed by atoms with E-state index >= 15 is 0 Å². The SMILES string of the molecule is Cc1cccc(C)c1CC(NN)c1ccc(Cl)c(F)c1. The third-order valence-electron chi connectivity index (χ3n) is 3.60. The van der Waals surface area contributed by atoms with E-state index in [1.165, 1.54) is 22.8 Å². The van der Waals surface area contributed by atoms with Crippen LogP contribution < -0.4 is 11.3 Å². The highest BCUT2D eigenvalue weighted by Crippen LogP contribution is 2.25. The van der Waals surface area contributed by atoms with Gasteiger partial charge in [-0.05, 0) is 54.7 Å². The van der Waals surface area contributed by atoms with Crippen LogP contribution in [-0.2, 0) is 6.42 Å². The fourth-order valence-corrected chi connectivity index (χ4v) is 2.49. The van der Waals surface area contributed by atoms with Gasteiger partial charge in [-0.25, -0.2) is 4.39 Å². The normalized spacial score (nSPS) is 12.4. The van der Waals surface area contributed by atoms with Crippen LogP contribution in [0, 0.1) is 19.7 Å². The highest BCUT2D eigenvalue weighted by atomic mass is 35.5. The second-order valence-corrected chi connectivity index (χ2v) is 5.37. The Labute approximate surface area is 123 Å². The van der Waals surface area contributed by atoms with Gasteiger partial charge < -0.3 is 0 Å². The van der Waals surface area contributed by atoms with Crippen molar-refractivity contribution >= 4 is 11.6 Å². The van der Waals surface area contributed by atoms with Crippen LogP contribution in [-0.4, -0.2) is 0 Å². The Morgan fingerprint density at radius 2 is 1.85 bits per heavy atom. The zero-order valence-corrected chi connectivity index (χ0v) is 12.3. The number of hydrogen-bond acceptors (Lipinski definition) is 2. The van der Waals surface area contributed by atoms with Crippen molar-refractivity contribution in [2.24, 2.45) is 5.84 Å². The highest BCUT2D eigenvalue weighted by Gasteiger charge is 2.15. The molecule has 20 heavy (non-hydrogen) atoms. The minimum Gasteiger partial charge on any atom is -0.271 e. The second-order valence-electron chi connectivity index (χ2n) is 4.97. The van der Waals surface area contributed by atoms with E-state index in [2.05, 4.69) is 31.4 Å². The molecule has 0 amide bonds. The van der Waals surface area contributed by atoms with Crippen molar-refractivity contribution in [3.63, 3.8) is 0 Å². The average molecular weight is 293 g/mol. The lowest BCUT2D eigenvalue weighted by atomic mass is 9.93. The molecule has 0 aromatic heterocycles. The molecule has 4 heteroatoms. The Kier molecular flexibility index (Phi) is 4.76. The van der Waals surface area contributed by atoms with Crippen LogP contribution in [0.4, 0.5) is 4.39 Å². The Bertz CT molecular complexity index is 593. The molecule has 0 heterocycles. The molecule has 2 rings (SSSR count). The molecule has 0 saturated carbocycles. The molecule has 2 nitrogen and oxygen atoms in total. The van der Waals surface area contributed by atoms with Crippen LogP contribution in [0.5, 0.6) is 0 Å². The lowest BCUT2D eigenvalue weighted by molar-refractivity contribution is 0.542. The maximum Gasteiger partial charge on any atom is 0.142 e. The monoisotopic (exact) mass is 292 g/mol. The Balaban J connectivity index is 2.31. The number of rotatable bonds is 4. The Morgan fingerprint density at radius 1 is 1.20 bits per heavy atom. The van der Waals surface area contributed by atoms with E-state index in [9.17, 15) is 4.39 Å². The summed E-state index contributed by atoms with van der Waals surface area (Å²) in [4.78, 5) is 0. The van der Waals surface area contributed by atoms with Gasteiger partial charge in [0.1, 0.15) is 5.82 Å². The first kappa shape index (κ1) is 15.0. The van der Waals surface area contributed by atoms with E-state index < -0.39 is 5.82 Å². The van der Waals surface area contributed by atoms with Gasteiger partial charge in [-0.2, -0.15) is 0 Å². The molecule has 0 radical (unpaired) electrons. The van der Waals surface area contributed by atoms with Crippen molar-refractivity contribution in [3.8, 4) is 0 Å². The van der Waals surface area contributed by atoms with Crippen molar-refractivity contribution in [2.45, 2.75) is 26.3 Å². The molecule has 0 aliphatic rings. The molecular weight excluding hydrogens is 275 g/mol. The fourth-order valence-electron chi connectivity index (χ4n) is 2.38. The summed E-state index contributed by atoms with van der Waals surface area (Å²) >= 11 is 5.71. The summed E-state index contributed by atoms with van der Waals surface area (Å²) in [6.07, 6.45) is 0.704. The van der Waals surface area contributed by atoms with E-state index in [4.69, 9.17) is 17.4 Å². The average Bonchev–Trinajstić information content (AvgIpc) is 2.42. The van der Waals surface area contributed by atoms with Gasteiger partial charge in [0.25, 0.3) is 0 Å². The first-order valence-electron chi connectivity index (χ1n) is 6.49. The Morgan fingerprint density at radius 3 is 2.40 bits per heavy atom. The van der Waals surface area contributed by atoms with Crippen molar-refractivity contribution in [1.82, 2.24) is 5.43 Å². The number of hydrazine groups is 1. The molecule has 2 aromatic carbocycles. The number of nitrogens with two attached hydrogens (primary N) is 1. The summed E-state index contributed by atoms with van der Waals surface area (Å²) in [6.45, 7) is 4.14. The molecule has 2 aromatic rings. The van der Waals surface area contributed by atoms with Gasteiger partial charge in [-0.15, -0.1) is 0 Å². The molecule has 0 saturated heterocycles. The number of hydrogen-bond donors (Lipinski definition) is 2. The van der Waals surface area contributed by atoms with Crippen LogP contribution in [0.3, 0.4) is 0 Å². The minimum atomic E-state index is -0.425. The van der Waals surface area contributed by atoms with Gasteiger partial charge in [0.05, 0.1) is 11.1 Å². The summed E-state index contributed by atoms with van der Waals surface area (Å²) in [5.74, 6) is 5.21. The molecule has 1 atom stereocenters. The van der Waals surface area contributed by atoms with E-state index in [0.29, 0.717) is 6.42 Å². The quantitative estimate of drug-likeness (QED) is 0.664. The standard InChI is InChI=1S/C16H18ClFN2/c1-10-4-3-5-11(2)13(10)9-16(20-19)12-6-7-14(17)15(18)8-12/h3-8,16,20H,9,19H2,1-2H3. The van der Waals surface area contributed by atoms with Crippen LogP contribution >= 0.6 is 11.6 Å². The van der Waals surface area contributed by atoms with E-state index in [-0.39, 0.29) is 11.1 Å². The molecule has 0 spiro atoms. The lowest BCUT2D eigenvalue weighted by Crippen LogP contribution is -2.30. The van der Waals surface area contributed by atoms with Gasteiger partial charge in [0.15, 0.2) is 0 Å². The zero-order chi connectivity index (χ0) is 14.7. The third-order valence-corrected chi connectivity index (χ3v) is 3.91. The van der Waals surface area contributed by atoms with Crippen molar-refractivity contribution in [3.05, 3.63) is 69.5 Å². The Hall–Kier alpha value is -1.42. The number of benzene rings is 2. The maximum atomic E-state index is 13.6. The predicted octanol–water partition coefficient (Wildman–Crippen LogP) is 3.84. The van der Waals surface area contributed by atoms with Crippen molar-refractivity contribution in [1.29, 1.82) is 0 Å². The first-order valence-corrected chi connectivity index (χ1v) is 6.87. The van der Waals surface area contributed by atoms with Crippen molar-refractivity contribution in [2.75, 3.05) is 0 Å². The summed E-state index contributed by atoms with van der Waals surface area (Å²) in [5, 5.41) is 0.122. The minimum absolute atomic E-state index is 0.122. The second kappa shape index (κ2) is 6.35. The van der Waals surface area contributed by atoms with Gasteiger partial charge in [-0.3, -0.25) is 11.3 Å². The van der Waals surface area contributed by atoms with Crippen LogP contribution in [0.25, 0.3) is 0 Å². The molecular formula is C16H18ClFN2. The van der Waals surface area contributed by atoms with E-state index in [1.807, 2.05) is 6.07 Å². The maximum absolute atomic E-state index is 13.6. The summed E-state index contributed by atoms with van der Waals surface area (Å²) in [6, 6.07) is 10.8. The molecule has 0 aliphatic carbocycles. The van der Waals surface area contributed by atoms with Crippen LogP contribution in [0.2, 0.25) is 5.02 Å². The molecule has 0 bridgehead atoms. The molecule has 3 N–H and O–H groups in total. The number of nitrogens with one attached hydrogen (secondary N) is 1. The highest BCUT2D eigenvalue weighted by molar-refractivity contribution is 6.30. The predicted molar refractivity (Wildman–Crippen MR) is 81.1 cm³/mol. The first-order chi connectivity index (χ1) is 9.52. The van der Waals surface area contributed by atoms with Crippen LogP contribution in [0.15, 0.2) is 36.4 Å². The topological polar surface area (TPSA) is 38.0 Å². The van der Waals surface area contributed by atoms with Crippen LogP contribution in [0.1, 0.15) is 28.3 Å². The zero-order valence-electron chi connectivity index (χ0n) is 11.6. The van der Waals surface area contributed by atoms with Gasteiger partial charge in [0, 0.05) is 0 Å². The molecule has 0 fully saturated rings. The lowest BCUT2D eigenvalue weighted by Gasteiger charge is -2.19.